The van der Waals surface area contributed by atoms with Crippen molar-refractivity contribution < 1.29 is 14.5 Å². The molecule has 0 aliphatic heterocycles. The maximum Gasteiger partial charge on any atom is 0.356 e. The molecule has 0 atom stereocenters. The van der Waals surface area contributed by atoms with Crippen LogP contribution in [0, 0.1) is 10.1 Å². The van der Waals surface area contributed by atoms with Crippen molar-refractivity contribution in [1.82, 2.24) is 20.4 Å². The summed E-state index contributed by atoms with van der Waals surface area (Å²) in [6.45, 7) is -0.393. The van der Waals surface area contributed by atoms with Gasteiger partial charge >= 0.3 is 5.69 Å². The third kappa shape index (κ3) is 5.81. The van der Waals surface area contributed by atoms with Crippen LogP contribution < -0.4 is 21.0 Å². The lowest BCUT2D eigenvalue weighted by Crippen LogP contribution is -2.34. The number of ether oxygens (including phenoxy) is 1. The standard InChI is InChI=1S/C14H15Cl2N7O4/c1-22(2)21-14-12(23(25)26)13(17-7-18-14)20-19-11(24)6-27-10-4-3-8(15)5-9(10)16/h3-5,7H,6H2,1-2H3,(H,19,24)(H2,17,18,20,21). The van der Waals surface area contributed by atoms with Gasteiger partial charge in [0.1, 0.15) is 12.1 Å². The Labute approximate surface area is 163 Å². The number of carbonyl (C=O) groups is 1. The summed E-state index contributed by atoms with van der Waals surface area (Å²) in [7, 11) is 3.28. The molecule has 0 saturated carbocycles. The van der Waals surface area contributed by atoms with E-state index < -0.39 is 23.1 Å². The van der Waals surface area contributed by atoms with Crippen molar-refractivity contribution >= 4 is 46.4 Å². The molecule has 3 N–H and O–H groups in total. The molecule has 0 aliphatic carbocycles. The maximum atomic E-state index is 11.9. The molecular weight excluding hydrogens is 401 g/mol. The Hall–Kier alpha value is -2.89. The van der Waals surface area contributed by atoms with Crippen molar-refractivity contribution in [2.45, 2.75) is 0 Å². The molecule has 1 aromatic carbocycles. The second-order valence-corrected chi connectivity index (χ2v) is 6.06. The number of rotatable bonds is 8. The van der Waals surface area contributed by atoms with E-state index >= 15 is 0 Å². The highest BCUT2D eigenvalue weighted by atomic mass is 35.5. The summed E-state index contributed by atoms with van der Waals surface area (Å²) in [5, 5.41) is 13.5. The van der Waals surface area contributed by atoms with Gasteiger partial charge in [-0.1, -0.05) is 23.2 Å². The Morgan fingerprint density at radius 2 is 2.00 bits per heavy atom. The molecule has 27 heavy (non-hydrogen) atoms. The van der Waals surface area contributed by atoms with Crippen LogP contribution in [-0.2, 0) is 4.79 Å². The van der Waals surface area contributed by atoms with Gasteiger partial charge in [0.2, 0.25) is 11.6 Å². The first-order valence-corrected chi connectivity index (χ1v) is 8.09. The van der Waals surface area contributed by atoms with Crippen LogP contribution in [0.25, 0.3) is 0 Å². The minimum atomic E-state index is -0.676. The van der Waals surface area contributed by atoms with Crippen LogP contribution in [0.1, 0.15) is 0 Å². The van der Waals surface area contributed by atoms with E-state index in [0.717, 1.165) is 6.33 Å². The lowest BCUT2D eigenvalue weighted by atomic mass is 10.3. The molecular formula is C14H15Cl2N7O4. The van der Waals surface area contributed by atoms with Crippen LogP contribution in [-0.4, -0.2) is 46.5 Å². The molecule has 0 unspecified atom stereocenters. The molecule has 1 amide bonds. The molecule has 1 heterocycles. The zero-order chi connectivity index (χ0) is 20.0. The van der Waals surface area contributed by atoms with E-state index in [1.54, 1.807) is 20.2 Å². The Balaban J connectivity index is 2.01. The molecule has 0 spiro atoms. The van der Waals surface area contributed by atoms with Gasteiger partial charge in [-0.3, -0.25) is 31.2 Å². The number of amides is 1. The topological polar surface area (TPSA) is 135 Å². The van der Waals surface area contributed by atoms with Crippen LogP contribution in [0.2, 0.25) is 10.0 Å². The molecule has 0 saturated heterocycles. The lowest BCUT2D eigenvalue weighted by molar-refractivity contribution is -0.383. The van der Waals surface area contributed by atoms with Crippen molar-refractivity contribution in [3.63, 3.8) is 0 Å². The molecule has 13 heteroatoms. The van der Waals surface area contributed by atoms with Gasteiger partial charge in [0.15, 0.2) is 6.61 Å². The quantitative estimate of drug-likeness (QED) is 0.437. The molecule has 0 aliphatic rings. The highest BCUT2D eigenvalue weighted by Gasteiger charge is 2.23. The predicted molar refractivity (Wildman–Crippen MR) is 99.7 cm³/mol. The Morgan fingerprint density at radius 1 is 1.30 bits per heavy atom. The molecule has 2 aromatic rings. The smallest absolute Gasteiger partial charge is 0.356 e. The molecule has 144 valence electrons. The number of carbonyl (C=O) groups excluding carboxylic acids is 1. The van der Waals surface area contributed by atoms with Gasteiger partial charge in [0, 0.05) is 19.1 Å². The number of halogens is 2. The van der Waals surface area contributed by atoms with Crippen molar-refractivity contribution in [3.8, 4) is 5.75 Å². The van der Waals surface area contributed by atoms with Crippen molar-refractivity contribution in [1.29, 1.82) is 0 Å². The second-order valence-electron chi connectivity index (χ2n) is 5.22. The number of anilines is 2. The van der Waals surface area contributed by atoms with E-state index in [0.29, 0.717) is 5.02 Å². The summed E-state index contributed by atoms with van der Waals surface area (Å²) in [4.78, 5) is 30.1. The van der Waals surface area contributed by atoms with Gasteiger partial charge in [-0.05, 0) is 18.2 Å². The van der Waals surface area contributed by atoms with Gasteiger partial charge < -0.3 is 4.74 Å². The average molecular weight is 416 g/mol. The number of nitro groups is 1. The molecule has 1 aromatic heterocycles. The van der Waals surface area contributed by atoms with Crippen molar-refractivity contribution in [2.24, 2.45) is 0 Å². The summed E-state index contributed by atoms with van der Waals surface area (Å²) in [5.41, 5.74) is 6.88. The van der Waals surface area contributed by atoms with Crippen molar-refractivity contribution in [2.75, 3.05) is 31.6 Å². The Kier molecular flexibility index (Phi) is 6.93. The van der Waals surface area contributed by atoms with E-state index in [4.69, 9.17) is 27.9 Å². The van der Waals surface area contributed by atoms with Gasteiger partial charge in [-0.2, -0.15) is 0 Å². The average Bonchev–Trinajstić information content (AvgIpc) is 2.58. The first-order chi connectivity index (χ1) is 12.8. The Morgan fingerprint density at radius 3 is 2.63 bits per heavy atom. The number of nitrogens with one attached hydrogen (secondary N) is 3. The summed E-state index contributed by atoms with van der Waals surface area (Å²) >= 11 is 11.7. The maximum absolute atomic E-state index is 11.9. The third-order valence-electron chi connectivity index (χ3n) is 2.91. The minimum Gasteiger partial charge on any atom is -0.482 e. The summed E-state index contributed by atoms with van der Waals surface area (Å²) < 4.78 is 5.27. The zero-order valence-electron chi connectivity index (χ0n) is 14.2. The van der Waals surface area contributed by atoms with E-state index in [9.17, 15) is 14.9 Å². The number of nitrogens with zero attached hydrogens (tertiary/aromatic N) is 4. The monoisotopic (exact) mass is 415 g/mol. The van der Waals surface area contributed by atoms with Gasteiger partial charge in [0.05, 0.1) is 9.95 Å². The third-order valence-corrected chi connectivity index (χ3v) is 3.44. The number of hydrazine groups is 2. The van der Waals surface area contributed by atoms with Gasteiger partial charge in [0.25, 0.3) is 5.91 Å². The highest BCUT2D eigenvalue weighted by Crippen LogP contribution is 2.29. The SMILES string of the molecule is CN(C)Nc1ncnc(NNC(=O)COc2ccc(Cl)cc2Cl)c1[N+](=O)[O-]. The number of aromatic nitrogens is 2. The predicted octanol–water partition coefficient (Wildman–Crippen LogP) is 2.10. The van der Waals surface area contributed by atoms with Crippen LogP contribution in [0.3, 0.4) is 0 Å². The molecule has 0 bridgehead atoms. The first kappa shape index (κ1) is 20.4. The second kappa shape index (κ2) is 9.16. The molecule has 0 fully saturated rings. The molecule has 2 rings (SSSR count). The molecule has 0 radical (unpaired) electrons. The summed E-state index contributed by atoms with van der Waals surface area (Å²) in [5.74, 6) is -0.587. The van der Waals surface area contributed by atoms with Crippen LogP contribution in [0.15, 0.2) is 24.5 Å². The van der Waals surface area contributed by atoms with Crippen LogP contribution in [0.4, 0.5) is 17.3 Å². The Bertz CT molecular complexity index is 850. The summed E-state index contributed by atoms with van der Waals surface area (Å²) in [6.07, 6.45) is 1.11. The normalized spacial score (nSPS) is 10.4. The van der Waals surface area contributed by atoms with E-state index in [2.05, 4.69) is 26.2 Å². The molecule has 11 nitrogen and oxygen atoms in total. The van der Waals surface area contributed by atoms with Gasteiger partial charge in [-0.25, -0.2) is 15.0 Å². The van der Waals surface area contributed by atoms with Gasteiger partial charge in [-0.15, -0.1) is 0 Å². The fourth-order valence-electron chi connectivity index (χ4n) is 1.84. The van der Waals surface area contributed by atoms with E-state index in [-0.39, 0.29) is 22.4 Å². The van der Waals surface area contributed by atoms with Crippen LogP contribution >= 0.6 is 23.2 Å². The lowest BCUT2D eigenvalue weighted by Gasteiger charge is -2.14. The minimum absolute atomic E-state index is 0.0408. The van der Waals surface area contributed by atoms with E-state index in [1.807, 2.05) is 0 Å². The number of hydrogen-bond donors (Lipinski definition) is 3. The fourth-order valence-corrected chi connectivity index (χ4v) is 2.30. The first-order valence-electron chi connectivity index (χ1n) is 7.34. The number of benzene rings is 1. The van der Waals surface area contributed by atoms with Crippen molar-refractivity contribution in [3.05, 3.63) is 44.7 Å². The van der Waals surface area contributed by atoms with E-state index in [1.165, 1.54) is 17.1 Å². The largest absolute Gasteiger partial charge is 0.482 e. The zero-order valence-corrected chi connectivity index (χ0v) is 15.7. The van der Waals surface area contributed by atoms with Crippen LogP contribution in [0.5, 0.6) is 5.75 Å². The highest BCUT2D eigenvalue weighted by molar-refractivity contribution is 6.35. The summed E-state index contributed by atoms with van der Waals surface area (Å²) in [6, 6.07) is 4.54. The number of hydrogen-bond acceptors (Lipinski definition) is 9. The fraction of sp³-hybridized carbons (Fsp3) is 0.214.